The molecule has 4 heteroatoms. The van der Waals surface area contributed by atoms with Crippen LogP contribution in [0.2, 0.25) is 0 Å². The first kappa shape index (κ1) is 15.6. The fraction of sp³-hybridized carbons (Fsp3) is 0.533. The molecule has 0 bridgehead atoms. The molecule has 0 fully saturated rings. The zero-order chi connectivity index (χ0) is 14.3. The van der Waals surface area contributed by atoms with E-state index in [0.29, 0.717) is 5.92 Å². The van der Waals surface area contributed by atoms with Crippen LogP contribution in [0.15, 0.2) is 12.1 Å². The second kappa shape index (κ2) is 7.85. The SMILES string of the molecule is CC(C)CCCCNCc1c(F)cc(C#N)cc1F. The first-order valence-corrected chi connectivity index (χ1v) is 6.63. The van der Waals surface area contributed by atoms with Gasteiger partial charge in [-0.15, -0.1) is 0 Å². The van der Waals surface area contributed by atoms with Crippen LogP contribution in [0, 0.1) is 28.9 Å². The Hall–Kier alpha value is -1.47. The van der Waals surface area contributed by atoms with Crippen molar-refractivity contribution in [3.8, 4) is 6.07 Å². The van der Waals surface area contributed by atoms with Gasteiger partial charge in [-0.1, -0.05) is 26.7 Å². The average Bonchev–Trinajstić information content (AvgIpc) is 2.35. The predicted molar refractivity (Wildman–Crippen MR) is 71.5 cm³/mol. The lowest BCUT2D eigenvalue weighted by Gasteiger charge is -2.08. The molecule has 0 amide bonds. The van der Waals surface area contributed by atoms with Crippen molar-refractivity contribution >= 4 is 0 Å². The Bertz CT molecular complexity index is 427. The summed E-state index contributed by atoms with van der Waals surface area (Å²) >= 11 is 0. The topological polar surface area (TPSA) is 35.8 Å². The molecular weight excluding hydrogens is 246 g/mol. The summed E-state index contributed by atoms with van der Waals surface area (Å²) in [7, 11) is 0. The van der Waals surface area contributed by atoms with Crippen molar-refractivity contribution in [1.82, 2.24) is 5.32 Å². The molecule has 0 unspecified atom stereocenters. The van der Waals surface area contributed by atoms with Gasteiger partial charge in [-0.25, -0.2) is 8.78 Å². The number of halogens is 2. The number of unbranched alkanes of at least 4 members (excludes halogenated alkanes) is 1. The standard InChI is InChI=1S/C15H20F2N2/c1-11(2)5-3-4-6-19-10-13-14(16)7-12(9-18)8-15(13)17/h7-8,11,19H,3-6,10H2,1-2H3. The smallest absolute Gasteiger partial charge is 0.131 e. The van der Waals surface area contributed by atoms with Gasteiger partial charge in [-0.2, -0.15) is 5.26 Å². The summed E-state index contributed by atoms with van der Waals surface area (Å²) in [4.78, 5) is 0. The van der Waals surface area contributed by atoms with E-state index >= 15 is 0 Å². The molecule has 2 nitrogen and oxygen atoms in total. The Kier molecular flexibility index (Phi) is 6.44. The van der Waals surface area contributed by atoms with Gasteiger partial charge < -0.3 is 5.32 Å². The fourth-order valence-corrected chi connectivity index (χ4v) is 1.85. The summed E-state index contributed by atoms with van der Waals surface area (Å²) < 4.78 is 27.1. The molecule has 0 atom stereocenters. The van der Waals surface area contributed by atoms with Crippen LogP contribution in [-0.4, -0.2) is 6.54 Å². The van der Waals surface area contributed by atoms with Crippen LogP contribution in [0.3, 0.4) is 0 Å². The van der Waals surface area contributed by atoms with E-state index in [4.69, 9.17) is 5.26 Å². The van der Waals surface area contributed by atoms with E-state index in [0.717, 1.165) is 31.5 Å². The Morgan fingerprint density at radius 2 is 1.84 bits per heavy atom. The van der Waals surface area contributed by atoms with E-state index in [1.54, 1.807) is 6.07 Å². The molecule has 0 aliphatic heterocycles. The molecule has 19 heavy (non-hydrogen) atoms. The number of nitrogens with one attached hydrogen (secondary N) is 1. The van der Waals surface area contributed by atoms with Crippen molar-refractivity contribution in [2.24, 2.45) is 5.92 Å². The third kappa shape index (κ3) is 5.35. The van der Waals surface area contributed by atoms with Gasteiger partial charge >= 0.3 is 0 Å². The summed E-state index contributed by atoms with van der Waals surface area (Å²) in [5, 5.41) is 11.6. The van der Waals surface area contributed by atoms with Gasteiger partial charge in [0.1, 0.15) is 11.6 Å². The highest BCUT2D eigenvalue weighted by Gasteiger charge is 2.10. The number of nitrogens with zero attached hydrogens (tertiary/aromatic N) is 1. The third-order valence-electron chi connectivity index (χ3n) is 2.96. The lowest BCUT2D eigenvalue weighted by molar-refractivity contribution is 0.505. The zero-order valence-electron chi connectivity index (χ0n) is 11.5. The Morgan fingerprint density at radius 3 is 2.37 bits per heavy atom. The van der Waals surface area contributed by atoms with E-state index in [1.807, 2.05) is 0 Å². The Morgan fingerprint density at radius 1 is 1.21 bits per heavy atom. The quantitative estimate of drug-likeness (QED) is 0.763. The molecule has 1 aromatic carbocycles. The van der Waals surface area contributed by atoms with Crippen molar-refractivity contribution < 1.29 is 8.78 Å². The molecule has 104 valence electrons. The monoisotopic (exact) mass is 266 g/mol. The number of hydrogen-bond donors (Lipinski definition) is 1. The highest BCUT2D eigenvalue weighted by molar-refractivity contribution is 5.34. The van der Waals surface area contributed by atoms with Crippen molar-refractivity contribution in [2.45, 2.75) is 39.7 Å². The molecule has 1 rings (SSSR count). The number of hydrogen-bond acceptors (Lipinski definition) is 2. The van der Waals surface area contributed by atoms with Crippen LogP contribution in [0.25, 0.3) is 0 Å². The molecular formula is C15H20F2N2. The number of rotatable bonds is 7. The number of benzene rings is 1. The number of nitriles is 1. The summed E-state index contributed by atoms with van der Waals surface area (Å²) in [5.74, 6) is -0.633. The van der Waals surface area contributed by atoms with E-state index in [-0.39, 0.29) is 17.7 Å². The van der Waals surface area contributed by atoms with Gasteiger partial charge in [0.2, 0.25) is 0 Å². The van der Waals surface area contributed by atoms with E-state index < -0.39 is 11.6 Å². The molecule has 0 aromatic heterocycles. The van der Waals surface area contributed by atoms with E-state index in [1.165, 1.54) is 6.42 Å². The van der Waals surface area contributed by atoms with Gasteiger partial charge in [0.15, 0.2) is 0 Å². The average molecular weight is 266 g/mol. The molecule has 0 aliphatic rings. The van der Waals surface area contributed by atoms with Crippen LogP contribution < -0.4 is 5.32 Å². The Labute approximate surface area is 113 Å². The first-order valence-electron chi connectivity index (χ1n) is 6.63. The summed E-state index contributed by atoms with van der Waals surface area (Å²) in [6.45, 7) is 5.25. The minimum absolute atomic E-state index is 0.00265. The van der Waals surface area contributed by atoms with Crippen LogP contribution >= 0.6 is 0 Å². The molecule has 1 N–H and O–H groups in total. The molecule has 0 aliphatic carbocycles. The molecule has 1 aromatic rings. The molecule has 0 radical (unpaired) electrons. The van der Waals surface area contributed by atoms with Crippen molar-refractivity contribution in [2.75, 3.05) is 6.54 Å². The van der Waals surface area contributed by atoms with Crippen molar-refractivity contribution in [1.29, 1.82) is 5.26 Å². The van der Waals surface area contributed by atoms with Gasteiger partial charge in [0.25, 0.3) is 0 Å². The lowest BCUT2D eigenvalue weighted by Crippen LogP contribution is -2.17. The lowest BCUT2D eigenvalue weighted by atomic mass is 10.1. The van der Waals surface area contributed by atoms with E-state index in [9.17, 15) is 8.78 Å². The van der Waals surface area contributed by atoms with Crippen LogP contribution in [0.1, 0.15) is 44.2 Å². The van der Waals surface area contributed by atoms with Gasteiger partial charge in [-0.05, 0) is 31.0 Å². The molecule has 0 saturated carbocycles. The second-order valence-electron chi connectivity index (χ2n) is 5.10. The fourth-order valence-electron chi connectivity index (χ4n) is 1.85. The van der Waals surface area contributed by atoms with Gasteiger partial charge in [0, 0.05) is 12.1 Å². The Balaban J connectivity index is 2.40. The van der Waals surface area contributed by atoms with Crippen molar-refractivity contribution in [3.05, 3.63) is 34.9 Å². The maximum atomic E-state index is 13.5. The zero-order valence-corrected chi connectivity index (χ0v) is 11.5. The first-order chi connectivity index (χ1) is 9.04. The summed E-state index contributed by atoms with van der Waals surface area (Å²) in [6.07, 6.45) is 3.28. The maximum Gasteiger partial charge on any atom is 0.131 e. The van der Waals surface area contributed by atoms with Crippen LogP contribution in [-0.2, 0) is 6.54 Å². The van der Waals surface area contributed by atoms with Gasteiger partial charge in [0.05, 0.1) is 11.6 Å². The molecule has 0 saturated heterocycles. The third-order valence-corrected chi connectivity index (χ3v) is 2.96. The largest absolute Gasteiger partial charge is 0.312 e. The minimum Gasteiger partial charge on any atom is -0.312 e. The highest BCUT2D eigenvalue weighted by atomic mass is 19.1. The normalized spacial score (nSPS) is 10.7. The molecule has 0 heterocycles. The summed E-state index contributed by atoms with van der Waals surface area (Å²) in [5.41, 5.74) is 0.0125. The molecule has 0 spiro atoms. The summed E-state index contributed by atoms with van der Waals surface area (Å²) in [6, 6.07) is 3.87. The van der Waals surface area contributed by atoms with Gasteiger partial charge in [-0.3, -0.25) is 0 Å². The van der Waals surface area contributed by atoms with Crippen molar-refractivity contribution in [3.63, 3.8) is 0 Å². The highest BCUT2D eigenvalue weighted by Crippen LogP contribution is 2.15. The van der Waals surface area contributed by atoms with Crippen LogP contribution in [0.4, 0.5) is 8.78 Å². The van der Waals surface area contributed by atoms with Crippen LogP contribution in [0.5, 0.6) is 0 Å². The minimum atomic E-state index is -0.661. The second-order valence-corrected chi connectivity index (χ2v) is 5.10. The predicted octanol–water partition coefficient (Wildman–Crippen LogP) is 3.75. The maximum absolute atomic E-state index is 13.5. The van der Waals surface area contributed by atoms with E-state index in [2.05, 4.69) is 19.2 Å².